The zero-order chi connectivity index (χ0) is 19.6. The Morgan fingerprint density at radius 3 is 2.70 bits per heavy atom. The minimum atomic E-state index is -0.592. The summed E-state index contributed by atoms with van der Waals surface area (Å²) in [6, 6.07) is 9.35. The molecule has 0 N–H and O–H groups in total. The van der Waals surface area contributed by atoms with Crippen LogP contribution in [0.3, 0.4) is 0 Å². The summed E-state index contributed by atoms with van der Waals surface area (Å²) in [5.41, 5.74) is 1.24. The number of benzene rings is 2. The van der Waals surface area contributed by atoms with Crippen LogP contribution in [0.15, 0.2) is 47.1 Å². The maximum absolute atomic E-state index is 13.4. The van der Waals surface area contributed by atoms with Crippen molar-refractivity contribution in [2.45, 2.75) is 20.0 Å². The van der Waals surface area contributed by atoms with Gasteiger partial charge in [-0.15, -0.1) is 0 Å². The molecule has 2 aromatic carbocycles. The van der Waals surface area contributed by atoms with E-state index in [1.165, 1.54) is 18.2 Å². The SMILES string of the molecule is COc1cc(/C=C2/N=C(c3cccc(F)c3)OC2=O)cc(I)c1OC(C)C. The molecule has 0 aromatic heterocycles. The highest BCUT2D eigenvalue weighted by Crippen LogP contribution is 2.35. The van der Waals surface area contributed by atoms with E-state index < -0.39 is 11.8 Å². The number of hydrogen-bond acceptors (Lipinski definition) is 5. The third-order valence-corrected chi connectivity index (χ3v) is 4.40. The normalized spacial score (nSPS) is 15.1. The Hall–Kier alpha value is -2.42. The van der Waals surface area contributed by atoms with Crippen molar-refractivity contribution in [3.8, 4) is 11.5 Å². The number of methoxy groups -OCH3 is 1. The minimum Gasteiger partial charge on any atom is -0.493 e. The van der Waals surface area contributed by atoms with Crippen molar-refractivity contribution in [2.24, 2.45) is 4.99 Å². The van der Waals surface area contributed by atoms with Gasteiger partial charge in [-0.2, -0.15) is 0 Å². The van der Waals surface area contributed by atoms with Gasteiger partial charge < -0.3 is 14.2 Å². The van der Waals surface area contributed by atoms with Crippen molar-refractivity contribution in [2.75, 3.05) is 7.11 Å². The highest BCUT2D eigenvalue weighted by molar-refractivity contribution is 14.1. The molecule has 0 saturated carbocycles. The van der Waals surface area contributed by atoms with Crippen LogP contribution in [0.25, 0.3) is 6.08 Å². The maximum Gasteiger partial charge on any atom is 0.363 e. The van der Waals surface area contributed by atoms with Crippen LogP contribution in [0.1, 0.15) is 25.0 Å². The Morgan fingerprint density at radius 1 is 1.26 bits per heavy atom. The zero-order valence-corrected chi connectivity index (χ0v) is 17.1. The molecule has 1 heterocycles. The molecule has 3 rings (SSSR count). The van der Waals surface area contributed by atoms with Gasteiger partial charge in [0.15, 0.2) is 17.2 Å². The number of carbonyl (C=O) groups is 1. The molecule has 0 fully saturated rings. The number of carbonyl (C=O) groups excluding carboxylic acids is 1. The average molecular weight is 481 g/mol. The molecule has 0 bridgehead atoms. The number of aliphatic imine (C=N–C) groups is 1. The summed E-state index contributed by atoms with van der Waals surface area (Å²) in [6.45, 7) is 3.87. The third kappa shape index (κ3) is 4.47. The summed E-state index contributed by atoms with van der Waals surface area (Å²) < 4.78 is 30.6. The van der Waals surface area contributed by atoms with Crippen LogP contribution in [0.2, 0.25) is 0 Å². The number of cyclic esters (lactones) is 1. The Morgan fingerprint density at radius 2 is 2.04 bits per heavy atom. The van der Waals surface area contributed by atoms with E-state index >= 15 is 0 Å². The fourth-order valence-electron chi connectivity index (χ4n) is 2.49. The van der Waals surface area contributed by atoms with Gasteiger partial charge in [0, 0.05) is 5.56 Å². The monoisotopic (exact) mass is 481 g/mol. The predicted octanol–water partition coefficient (Wildman–Crippen LogP) is 4.57. The number of halogens is 2. The van der Waals surface area contributed by atoms with E-state index in [0.717, 1.165) is 3.57 Å². The Labute approximate surface area is 170 Å². The average Bonchev–Trinajstić information content (AvgIpc) is 2.97. The standard InChI is InChI=1S/C20H17FINO4/c1-11(2)26-18-15(22)7-12(9-17(18)25-3)8-16-20(24)27-19(23-16)13-5-4-6-14(21)10-13/h4-11H,1-3H3/b16-8+. The summed E-state index contributed by atoms with van der Waals surface area (Å²) in [4.78, 5) is 16.3. The van der Waals surface area contributed by atoms with Crippen molar-refractivity contribution >= 4 is 40.5 Å². The maximum atomic E-state index is 13.4. The van der Waals surface area contributed by atoms with Gasteiger partial charge in [-0.1, -0.05) is 6.07 Å². The molecule has 0 amide bonds. The van der Waals surface area contributed by atoms with Crippen LogP contribution in [-0.2, 0) is 9.53 Å². The van der Waals surface area contributed by atoms with Gasteiger partial charge in [-0.3, -0.25) is 0 Å². The van der Waals surface area contributed by atoms with E-state index in [0.29, 0.717) is 22.6 Å². The molecule has 7 heteroatoms. The Bertz CT molecular complexity index is 953. The van der Waals surface area contributed by atoms with Gasteiger partial charge >= 0.3 is 5.97 Å². The zero-order valence-electron chi connectivity index (χ0n) is 15.0. The fourth-order valence-corrected chi connectivity index (χ4v) is 3.24. The lowest BCUT2D eigenvalue weighted by molar-refractivity contribution is -0.129. The van der Waals surface area contributed by atoms with E-state index in [4.69, 9.17) is 14.2 Å². The number of ether oxygens (including phenoxy) is 3. The Kier molecular flexibility index (Phi) is 5.79. The first kappa shape index (κ1) is 19.3. The van der Waals surface area contributed by atoms with Gasteiger partial charge in [-0.25, -0.2) is 14.2 Å². The van der Waals surface area contributed by atoms with Crippen molar-refractivity contribution < 1.29 is 23.4 Å². The quantitative estimate of drug-likeness (QED) is 0.357. The molecule has 1 aliphatic heterocycles. The smallest absolute Gasteiger partial charge is 0.363 e. The molecule has 0 unspecified atom stereocenters. The lowest BCUT2D eigenvalue weighted by atomic mass is 10.1. The van der Waals surface area contributed by atoms with Gasteiger partial charge in [0.25, 0.3) is 0 Å². The summed E-state index contributed by atoms with van der Waals surface area (Å²) in [7, 11) is 1.56. The molecular formula is C20H17FINO4. The van der Waals surface area contributed by atoms with E-state index in [2.05, 4.69) is 27.6 Å². The molecule has 0 aliphatic carbocycles. The van der Waals surface area contributed by atoms with Crippen LogP contribution in [0, 0.1) is 9.39 Å². The van der Waals surface area contributed by atoms with Gasteiger partial charge in [0.1, 0.15) is 5.82 Å². The first-order valence-corrected chi connectivity index (χ1v) is 9.28. The highest BCUT2D eigenvalue weighted by atomic mass is 127. The number of nitrogens with zero attached hydrogens (tertiary/aromatic N) is 1. The predicted molar refractivity (Wildman–Crippen MR) is 108 cm³/mol. The van der Waals surface area contributed by atoms with Crippen molar-refractivity contribution in [1.82, 2.24) is 0 Å². The number of esters is 1. The van der Waals surface area contributed by atoms with Crippen molar-refractivity contribution in [1.29, 1.82) is 0 Å². The summed E-state index contributed by atoms with van der Waals surface area (Å²) in [5, 5.41) is 0. The molecule has 0 atom stereocenters. The summed E-state index contributed by atoms with van der Waals surface area (Å²) >= 11 is 2.15. The first-order chi connectivity index (χ1) is 12.9. The van der Waals surface area contributed by atoms with Crippen LogP contribution in [-0.4, -0.2) is 25.1 Å². The van der Waals surface area contributed by atoms with Crippen LogP contribution in [0.4, 0.5) is 4.39 Å². The van der Waals surface area contributed by atoms with Crippen LogP contribution < -0.4 is 9.47 Å². The summed E-state index contributed by atoms with van der Waals surface area (Å²) in [6.07, 6.45) is 1.60. The largest absolute Gasteiger partial charge is 0.493 e. The Balaban J connectivity index is 1.96. The van der Waals surface area contributed by atoms with Crippen molar-refractivity contribution in [3.05, 3.63) is 62.6 Å². The van der Waals surface area contributed by atoms with Gasteiger partial charge in [-0.05, 0) is 78.4 Å². The highest BCUT2D eigenvalue weighted by Gasteiger charge is 2.24. The lowest BCUT2D eigenvalue weighted by Gasteiger charge is -2.15. The number of hydrogen-bond donors (Lipinski definition) is 0. The van der Waals surface area contributed by atoms with E-state index in [-0.39, 0.29) is 17.7 Å². The van der Waals surface area contributed by atoms with Gasteiger partial charge in [0.2, 0.25) is 5.90 Å². The van der Waals surface area contributed by atoms with Crippen LogP contribution in [0.5, 0.6) is 11.5 Å². The topological polar surface area (TPSA) is 57.1 Å². The molecule has 2 aromatic rings. The molecule has 5 nitrogen and oxygen atoms in total. The summed E-state index contributed by atoms with van der Waals surface area (Å²) in [5.74, 6) is 0.262. The second-order valence-corrected chi connectivity index (χ2v) is 7.21. The first-order valence-electron chi connectivity index (χ1n) is 8.20. The number of rotatable bonds is 5. The molecule has 0 spiro atoms. The third-order valence-electron chi connectivity index (χ3n) is 3.60. The molecule has 0 saturated heterocycles. The molecule has 0 radical (unpaired) electrons. The van der Waals surface area contributed by atoms with Gasteiger partial charge in [0.05, 0.1) is 16.8 Å². The van der Waals surface area contributed by atoms with Crippen molar-refractivity contribution in [3.63, 3.8) is 0 Å². The van der Waals surface area contributed by atoms with E-state index in [1.54, 1.807) is 25.3 Å². The fraction of sp³-hybridized carbons (Fsp3) is 0.200. The molecular weight excluding hydrogens is 464 g/mol. The minimum absolute atomic E-state index is 0.000133. The molecule has 140 valence electrons. The molecule has 1 aliphatic rings. The van der Waals surface area contributed by atoms with E-state index in [9.17, 15) is 9.18 Å². The second-order valence-electron chi connectivity index (χ2n) is 6.05. The van der Waals surface area contributed by atoms with Crippen LogP contribution >= 0.6 is 22.6 Å². The second kappa shape index (κ2) is 8.08. The molecule has 27 heavy (non-hydrogen) atoms. The van der Waals surface area contributed by atoms with E-state index in [1.807, 2.05) is 19.9 Å². The lowest BCUT2D eigenvalue weighted by Crippen LogP contribution is -2.08.